The zero-order valence-corrected chi connectivity index (χ0v) is 17.7. The van der Waals surface area contributed by atoms with Crippen LogP contribution in [0.3, 0.4) is 0 Å². The van der Waals surface area contributed by atoms with Crippen LogP contribution in [0.2, 0.25) is 0 Å². The summed E-state index contributed by atoms with van der Waals surface area (Å²) in [4.78, 5) is 17.2. The van der Waals surface area contributed by atoms with Gasteiger partial charge < -0.3 is 10.0 Å². The Morgan fingerprint density at radius 2 is 1.72 bits per heavy atom. The van der Waals surface area contributed by atoms with Gasteiger partial charge in [0.1, 0.15) is 0 Å². The van der Waals surface area contributed by atoms with E-state index in [0.29, 0.717) is 22.3 Å². The molecule has 8 nitrogen and oxygen atoms in total. The second-order valence-electron chi connectivity index (χ2n) is 6.75. The molecule has 0 saturated heterocycles. The Labute approximate surface area is 186 Å². The van der Waals surface area contributed by atoms with Gasteiger partial charge in [0.2, 0.25) is 0 Å². The number of carbonyl (C=O) groups is 1. The summed E-state index contributed by atoms with van der Waals surface area (Å²) in [5, 5.41) is 18.4. The van der Waals surface area contributed by atoms with Crippen LogP contribution in [0.1, 0.15) is 11.1 Å². The highest BCUT2D eigenvalue weighted by atomic mass is 32.2. The van der Waals surface area contributed by atoms with Crippen molar-refractivity contribution in [3.8, 4) is 0 Å². The molecule has 1 amide bonds. The standard InChI is InChI=1S/C22H21BN2O6S/c26-22(24-31-16-18-7-4-8-19(14-18)23(27)28)13-12-17-6-5-11-21(15-17)32(29,30)25-20-9-2-1-3-10-20/h1-15,25,27-28H,16H2,(H,24,26)/b13-12+. The SMILES string of the molecule is O=C(/C=C/c1cccc(S(=O)(=O)Nc2ccccc2)c1)NOCc1cccc(B(O)O)c1. The van der Waals surface area contributed by atoms with E-state index in [2.05, 4.69) is 10.2 Å². The van der Waals surface area contributed by atoms with Crippen LogP contribution in [0.4, 0.5) is 5.69 Å². The van der Waals surface area contributed by atoms with Crippen LogP contribution in [0, 0.1) is 0 Å². The molecule has 0 atom stereocenters. The maximum atomic E-state index is 12.6. The largest absolute Gasteiger partial charge is 0.488 e. The molecular formula is C22H21BN2O6S. The molecule has 0 heterocycles. The summed E-state index contributed by atoms with van der Waals surface area (Å²) in [5.74, 6) is -0.543. The van der Waals surface area contributed by atoms with Gasteiger partial charge in [-0.25, -0.2) is 13.9 Å². The molecule has 0 bridgehead atoms. The Balaban J connectivity index is 1.57. The van der Waals surface area contributed by atoms with Crippen LogP contribution >= 0.6 is 0 Å². The summed E-state index contributed by atoms with van der Waals surface area (Å²) in [6.45, 7) is 0.0268. The summed E-state index contributed by atoms with van der Waals surface area (Å²) in [5.41, 5.74) is 4.17. The third-order valence-corrected chi connectivity index (χ3v) is 5.66. The van der Waals surface area contributed by atoms with Crippen molar-refractivity contribution >= 4 is 40.3 Å². The maximum Gasteiger partial charge on any atom is 0.488 e. The maximum absolute atomic E-state index is 12.6. The lowest BCUT2D eigenvalue weighted by Crippen LogP contribution is -2.30. The molecule has 10 heteroatoms. The van der Waals surface area contributed by atoms with E-state index in [0.717, 1.165) is 0 Å². The zero-order valence-electron chi connectivity index (χ0n) is 16.9. The number of amides is 1. The Hall–Kier alpha value is -3.44. The lowest BCUT2D eigenvalue weighted by atomic mass is 9.80. The summed E-state index contributed by atoms with van der Waals surface area (Å²) in [6.07, 6.45) is 2.67. The number of hydroxylamine groups is 1. The Kier molecular flexibility index (Phi) is 7.80. The Morgan fingerprint density at radius 3 is 2.47 bits per heavy atom. The van der Waals surface area contributed by atoms with Crippen molar-refractivity contribution < 1.29 is 28.1 Å². The van der Waals surface area contributed by atoms with Gasteiger partial charge in [0.25, 0.3) is 15.9 Å². The predicted octanol–water partition coefficient (Wildman–Crippen LogP) is 1.43. The molecule has 164 valence electrons. The number of rotatable bonds is 9. The highest BCUT2D eigenvalue weighted by molar-refractivity contribution is 7.92. The molecule has 3 rings (SSSR count). The first-order valence-corrected chi connectivity index (χ1v) is 11.0. The van der Waals surface area contributed by atoms with Gasteiger partial charge in [0.15, 0.2) is 0 Å². The van der Waals surface area contributed by atoms with Crippen molar-refractivity contribution in [2.24, 2.45) is 0 Å². The average molecular weight is 452 g/mol. The fraction of sp³-hybridized carbons (Fsp3) is 0.0455. The van der Waals surface area contributed by atoms with Gasteiger partial charge in [-0.15, -0.1) is 0 Å². The minimum atomic E-state index is -3.77. The minimum Gasteiger partial charge on any atom is -0.423 e. The first-order chi connectivity index (χ1) is 15.3. The van der Waals surface area contributed by atoms with E-state index < -0.39 is 23.0 Å². The second-order valence-corrected chi connectivity index (χ2v) is 8.43. The molecule has 0 aliphatic heterocycles. The zero-order chi connectivity index (χ0) is 23.0. The van der Waals surface area contributed by atoms with Gasteiger partial charge in [-0.05, 0) is 46.9 Å². The van der Waals surface area contributed by atoms with Crippen molar-refractivity contribution in [2.75, 3.05) is 4.72 Å². The number of para-hydroxylation sites is 1. The van der Waals surface area contributed by atoms with E-state index in [1.807, 2.05) is 0 Å². The van der Waals surface area contributed by atoms with Crippen LogP contribution in [0.5, 0.6) is 0 Å². The predicted molar refractivity (Wildman–Crippen MR) is 122 cm³/mol. The van der Waals surface area contributed by atoms with E-state index in [-0.39, 0.29) is 11.5 Å². The van der Waals surface area contributed by atoms with Gasteiger partial charge in [-0.2, -0.15) is 0 Å². The lowest BCUT2D eigenvalue weighted by molar-refractivity contribution is -0.129. The van der Waals surface area contributed by atoms with Crippen LogP contribution in [0.25, 0.3) is 6.08 Å². The van der Waals surface area contributed by atoms with Crippen LogP contribution in [-0.4, -0.2) is 31.5 Å². The Bertz CT molecular complexity index is 1200. The molecule has 0 fully saturated rings. The van der Waals surface area contributed by atoms with Gasteiger partial charge in [0, 0.05) is 11.8 Å². The summed E-state index contributed by atoms with van der Waals surface area (Å²) in [7, 11) is -5.36. The van der Waals surface area contributed by atoms with Crippen molar-refractivity contribution in [1.82, 2.24) is 5.48 Å². The third-order valence-electron chi connectivity index (χ3n) is 4.28. The number of nitrogens with one attached hydrogen (secondary N) is 2. The van der Waals surface area contributed by atoms with E-state index in [9.17, 15) is 23.3 Å². The molecule has 4 N–H and O–H groups in total. The topological polar surface area (TPSA) is 125 Å². The first kappa shape index (κ1) is 23.2. The molecule has 32 heavy (non-hydrogen) atoms. The normalized spacial score (nSPS) is 11.3. The number of carbonyl (C=O) groups excluding carboxylic acids is 1. The molecule has 0 aromatic heterocycles. The van der Waals surface area contributed by atoms with Gasteiger partial charge >= 0.3 is 7.12 Å². The van der Waals surface area contributed by atoms with Crippen LogP contribution in [0.15, 0.2) is 89.8 Å². The van der Waals surface area contributed by atoms with E-state index in [4.69, 9.17) is 4.84 Å². The number of anilines is 1. The van der Waals surface area contributed by atoms with Crippen LogP contribution < -0.4 is 15.7 Å². The lowest BCUT2D eigenvalue weighted by Gasteiger charge is -2.08. The van der Waals surface area contributed by atoms with Crippen LogP contribution in [-0.2, 0) is 26.3 Å². The molecule has 0 aliphatic carbocycles. The van der Waals surface area contributed by atoms with E-state index in [1.165, 1.54) is 24.3 Å². The van der Waals surface area contributed by atoms with E-state index >= 15 is 0 Å². The minimum absolute atomic E-state index is 0.0268. The fourth-order valence-corrected chi connectivity index (χ4v) is 3.86. The smallest absolute Gasteiger partial charge is 0.423 e. The molecular weight excluding hydrogens is 431 g/mol. The molecule has 3 aromatic carbocycles. The van der Waals surface area contributed by atoms with Crippen molar-refractivity contribution in [3.05, 3.63) is 96.1 Å². The number of sulfonamides is 1. The van der Waals surface area contributed by atoms with Crippen molar-refractivity contribution in [1.29, 1.82) is 0 Å². The molecule has 0 spiro atoms. The van der Waals surface area contributed by atoms with Gasteiger partial charge in [-0.1, -0.05) is 54.6 Å². The number of benzene rings is 3. The van der Waals surface area contributed by atoms with Gasteiger partial charge in [0.05, 0.1) is 11.5 Å². The molecule has 0 aliphatic rings. The highest BCUT2D eigenvalue weighted by Crippen LogP contribution is 2.17. The molecule has 0 saturated carbocycles. The highest BCUT2D eigenvalue weighted by Gasteiger charge is 2.14. The number of hydrogen-bond donors (Lipinski definition) is 4. The number of hydrogen-bond acceptors (Lipinski definition) is 6. The van der Waals surface area contributed by atoms with E-state index in [1.54, 1.807) is 66.7 Å². The molecule has 3 aromatic rings. The summed E-state index contributed by atoms with van der Waals surface area (Å²) >= 11 is 0. The molecule has 0 unspecified atom stereocenters. The summed E-state index contributed by atoms with van der Waals surface area (Å²) < 4.78 is 27.6. The average Bonchev–Trinajstić information content (AvgIpc) is 2.78. The van der Waals surface area contributed by atoms with Crippen molar-refractivity contribution in [3.63, 3.8) is 0 Å². The third kappa shape index (κ3) is 6.79. The first-order valence-electron chi connectivity index (χ1n) is 9.56. The monoisotopic (exact) mass is 452 g/mol. The second kappa shape index (κ2) is 10.7. The van der Waals surface area contributed by atoms with Crippen molar-refractivity contribution in [2.45, 2.75) is 11.5 Å². The summed E-state index contributed by atoms with van der Waals surface area (Å²) in [6, 6.07) is 21.1. The fourth-order valence-electron chi connectivity index (χ4n) is 2.75. The Morgan fingerprint density at radius 1 is 0.969 bits per heavy atom. The quantitative estimate of drug-likeness (QED) is 0.221. The van der Waals surface area contributed by atoms with Gasteiger partial charge in [-0.3, -0.25) is 14.4 Å². The molecule has 0 radical (unpaired) electrons.